The molecule has 148 valence electrons. The summed E-state index contributed by atoms with van der Waals surface area (Å²) < 4.78 is 0. The molecule has 8 heteroatoms. The first kappa shape index (κ1) is 19.0. The number of hydrogen-bond acceptors (Lipinski definition) is 6. The number of aromatic nitrogens is 2. The molecule has 0 spiro atoms. The van der Waals surface area contributed by atoms with E-state index in [-0.39, 0.29) is 23.8 Å². The van der Waals surface area contributed by atoms with Crippen molar-refractivity contribution >= 4 is 28.3 Å². The fourth-order valence-corrected chi connectivity index (χ4v) is 4.57. The third kappa shape index (κ3) is 4.39. The van der Waals surface area contributed by atoms with Crippen LogP contribution >= 0.6 is 11.3 Å². The maximum absolute atomic E-state index is 13.1. The Labute approximate surface area is 168 Å². The summed E-state index contributed by atoms with van der Waals surface area (Å²) in [5, 5.41) is 10.9. The van der Waals surface area contributed by atoms with Gasteiger partial charge in [-0.3, -0.25) is 14.5 Å². The van der Waals surface area contributed by atoms with E-state index in [1.807, 2.05) is 23.1 Å². The number of carbonyl (C=O) groups excluding carboxylic acids is 2. The molecule has 0 saturated carbocycles. The highest BCUT2D eigenvalue weighted by atomic mass is 32.1. The minimum Gasteiger partial charge on any atom is -0.341 e. The molecule has 2 fully saturated rings. The van der Waals surface area contributed by atoms with Gasteiger partial charge in [-0.05, 0) is 37.8 Å². The molecule has 2 aromatic rings. The molecule has 2 aliphatic rings. The number of nitrogens with zero attached hydrogens (tertiary/aromatic N) is 4. The SMILES string of the molecule is O=C(Nc1nncs1)C1CCN(C(=O)C2CCCN2Cc2ccccc2)CC1. The highest BCUT2D eigenvalue weighted by molar-refractivity contribution is 7.13. The lowest BCUT2D eigenvalue weighted by atomic mass is 9.95. The minimum absolute atomic E-state index is 0.0181. The second-order valence-corrected chi connectivity index (χ2v) is 8.28. The predicted octanol–water partition coefficient (Wildman–Crippen LogP) is 2.38. The van der Waals surface area contributed by atoms with Gasteiger partial charge in [-0.1, -0.05) is 41.7 Å². The van der Waals surface area contributed by atoms with Crippen molar-refractivity contribution in [2.24, 2.45) is 5.92 Å². The number of hydrogen-bond donors (Lipinski definition) is 1. The van der Waals surface area contributed by atoms with Crippen LogP contribution in [0.4, 0.5) is 5.13 Å². The summed E-state index contributed by atoms with van der Waals surface area (Å²) in [6.45, 7) is 3.06. The van der Waals surface area contributed by atoms with Crippen molar-refractivity contribution in [2.75, 3.05) is 25.0 Å². The van der Waals surface area contributed by atoms with Crippen molar-refractivity contribution in [2.45, 2.75) is 38.3 Å². The summed E-state index contributed by atoms with van der Waals surface area (Å²) >= 11 is 1.31. The first-order valence-corrected chi connectivity index (χ1v) is 10.7. The van der Waals surface area contributed by atoms with Gasteiger partial charge in [0.05, 0.1) is 6.04 Å². The minimum atomic E-state index is -0.0723. The van der Waals surface area contributed by atoms with Crippen LogP contribution in [0.2, 0.25) is 0 Å². The van der Waals surface area contributed by atoms with E-state index in [1.165, 1.54) is 16.9 Å². The Morgan fingerprint density at radius 3 is 2.61 bits per heavy atom. The predicted molar refractivity (Wildman–Crippen MR) is 108 cm³/mol. The zero-order valence-electron chi connectivity index (χ0n) is 15.8. The molecule has 2 amide bonds. The van der Waals surface area contributed by atoms with Gasteiger partial charge in [0, 0.05) is 25.6 Å². The molecule has 1 N–H and O–H groups in total. The summed E-state index contributed by atoms with van der Waals surface area (Å²) in [6, 6.07) is 10.3. The summed E-state index contributed by atoms with van der Waals surface area (Å²) in [5.41, 5.74) is 2.84. The molecule has 28 heavy (non-hydrogen) atoms. The van der Waals surface area contributed by atoms with Crippen LogP contribution in [0.25, 0.3) is 0 Å². The number of anilines is 1. The average molecular weight is 400 g/mol. The largest absolute Gasteiger partial charge is 0.341 e. The maximum atomic E-state index is 13.1. The van der Waals surface area contributed by atoms with Crippen LogP contribution in [-0.2, 0) is 16.1 Å². The van der Waals surface area contributed by atoms with Crippen molar-refractivity contribution in [3.05, 3.63) is 41.4 Å². The lowest BCUT2D eigenvalue weighted by Gasteiger charge is -2.35. The van der Waals surface area contributed by atoms with E-state index in [0.717, 1.165) is 25.9 Å². The number of nitrogens with one attached hydrogen (secondary N) is 1. The molecule has 1 aromatic heterocycles. The molecule has 7 nitrogen and oxygen atoms in total. The van der Waals surface area contributed by atoms with Crippen molar-refractivity contribution in [1.82, 2.24) is 20.0 Å². The van der Waals surface area contributed by atoms with E-state index < -0.39 is 0 Å². The molecule has 1 unspecified atom stereocenters. The standard InChI is InChI=1S/C20H25N5O2S/c26-18(22-20-23-21-14-28-20)16-8-11-24(12-9-16)19(27)17-7-4-10-25(17)13-15-5-2-1-3-6-15/h1-3,5-6,14,16-17H,4,7-13H2,(H,22,23,26). The quantitative estimate of drug-likeness (QED) is 0.835. The second kappa shape index (κ2) is 8.79. The fraction of sp³-hybridized carbons (Fsp3) is 0.500. The zero-order chi connectivity index (χ0) is 19.3. The molecule has 0 radical (unpaired) electrons. The number of piperidine rings is 1. The van der Waals surface area contributed by atoms with Gasteiger partial charge >= 0.3 is 0 Å². The van der Waals surface area contributed by atoms with Crippen molar-refractivity contribution in [3.8, 4) is 0 Å². The molecular weight excluding hydrogens is 374 g/mol. The normalized spacial score (nSPS) is 21.0. The lowest BCUT2D eigenvalue weighted by molar-refractivity contribution is -0.139. The molecule has 1 atom stereocenters. The first-order valence-electron chi connectivity index (χ1n) is 9.84. The smallest absolute Gasteiger partial charge is 0.239 e. The van der Waals surface area contributed by atoms with Crippen LogP contribution in [0, 0.1) is 5.92 Å². The van der Waals surface area contributed by atoms with Crippen molar-refractivity contribution < 1.29 is 9.59 Å². The molecule has 4 rings (SSSR count). The van der Waals surface area contributed by atoms with E-state index in [1.54, 1.807) is 5.51 Å². The first-order chi connectivity index (χ1) is 13.7. The van der Waals surface area contributed by atoms with Crippen molar-refractivity contribution in [3.63, 3.8) is 0 Å². The number of benzene rings is 1. The summed E-state index contributed by atoms with van der Waals surface area (Å²) in [7, 11) is 0. The summed E-state index contributed by atoms with van der Waals surface area (Å²) in [5.74, 6) is 0.129. The van der Waals surface area contributed by atoms with Gasteiger partial charge in [0.2, 0.25) is 16.9 Å². The number of amides is 2. The van der Waals surface area contributed by atoms with Crippen molar-refractivity contribution in [1.29, 1.82) is 0 Å². The maximum Gasteiger partial charge on any atom is 0.239 e. The Hall–Kier alpha value is -2.32. The Kier molecular flexibility index (Phi) is 5.97. The van der Waals surface area contributed by atoms with Crippen LogP contribution in [0.1, 0.15) is 31.2 Å². The van der Waals surface area contributed by atoms with Gasteiger partial charge in [-0.25, -0.2) is 0 Å². The molecule has 2 aliphatic heterocycles. The van der Waals surface area contributed by atoms with Crippen LogP contribution in [0.3, 0.4) is 0 Å². The van der Waals surface area contributed by atoms with Gasteiger partial charge in [0.15, 0.2) is 0 Å². The van der Waals surface area contributed by atoms with Crippen LogP contribution < -0.4 is 5.32 Å². The van der Waals surface area contributed by atoms with Gasteiger partial charge < -0.3 is 10.2 Å². The van der Waals surface area contributed by atoms with E-state index in [9.17, 15) is 9.59 Å². The van der Waals surface area contributed by atoms with Crippen LogP contribution in [-0.4, -0.2) is 57.5 Å². The van der Waals surface area contributed by atoms with Crippen LogP contribution in [0.15, 0.2) is 35.8 Å². The zero-order valence-corrected chi connectivity index (χ0v) is 16.6. The Balaban J connectivity index is 1.30. The monoisotopic (exact) mass is 399 g/mol. The fourth-order valence-electron chi connectivity index (χ4n) is 4.12. The van der Waals surface area contributed by atoms with Gasteiger partial charge in [-0.2, -0.15) is 0 Å². The van der Waals surface area contributed by atoms with Gasteiger partial charge in [-0.15, -0.1) is 10.2 Å². The number of carbonyl (C=O) groups is 2. The molecule has 0 bridgehead atoms. The van der Waals surface area contributed by atoms with Gasteiger partial charge in [0.25, 0.3) is 0 Å². The molecule has 0 aliphatic carbocycles. The number of likely N-dealkylation sites (tertiary alicyclic amines) is 2. The Morgan fingerprint density at radius 1 is 1.11 bits per heavy atom. The third-order valence-electron chi connectivity index (χ3n) is 5.64. The van der Waals surface area contributed by atoms with Gasteiger partial charge in [0.1, 0.15) is 5.51 Å². The highest BCUT2D eigenvalue weighted by Gasteiger charge is 2.36. The Bertz CT molecular complexity index is 790. The van der Waals surface area contributed by atoms with E-state index in [4.69, 9.17) is 0 Å². The molecule has 1 aromatic carbocycles. The molecule has 2 saturated heterocycles. The highest BCUT2D eigenvalue weighted by Crippen LogP contribution is 2.25. The average Bonchev–Trinajstić information content (AvgIpc) is 3.40. The third-order valence-corrected chi connectivity index (χ3v) is 6.25. The summed E-state index contributed by atoms with van der Waals surface area (Å²) in [4.78, 5) is 29.7. The topological polar surface area (TPSA) is 78.4 Å². The van der Waals surface area contributed by atoms with E-state index in [0.29, 0.717) is 31.1 Å². The Morgan fingerprint density at radius 2 is 1.89 bits per heavy atom. The lowest BCUT2D eigenvalue weighted by Crippen LogP contribution is -2.49. The van der Waals surface area contributed by atoms with E-state index in [2.05, 4.69) is 32.5 Å². The van der Waals surface area contributed by atoms with E-state index >= 15 is 0 Å². The second-order valence-electron chi connectivity index (χ2n) is 7.45. The summed E-state index contributed by atoms with van der Waals surface area (Å²) in [6.07, 6.45) is 3.37. The van der Waals surface area contributed by atoms with Crippen LogP contribution in [0.5, 0.6) is 0 Å². The molecule has 3 heterocycles. The molecular formula is C20H25N5O2S. The number of rotatable bonds is 5.